The Morgan fingerprint density at radius 3 is 2.15 bits per heavy atom. The van der Waals surface area contributed by atoms with Crippen molar-refractivity contribution in [2.45, 2.75) is 44.4 Å². The fraction of sp³-hybridized carbons (Fsp3) is 0.444. The Bertz CT molecular complexity index is 1070. The molecule has 0 bridgehead atoms. The van der Waals surface area contributed by atoms with E-state index in [-0.39, 0.29) is 24.3 Å². The molecule has 1 spiro atoms. The zero-order valence-corrected chi connectivity index (χ0v) is 19.6. The summed E-state index contributed by atoms with van der Waals surface area (Å²) in [6.07, 6.45) is 2.94. The number of hydrogen-bond acceptors (Lipinski definition) is 4. The third-order valence-corrected chi connectivity index (χ3v) is 7.41. The van der Waals surface area contributed by atoms with E-state index in [1.54, 1.807) is 17.0 Å². The number of amides is 3. The molecule has 3 saturated heterocycles. The molecular formula is C27H31N3O4. The van der Waals surface area contributed by atoms with Crippen molar-refractivity contribution in [3.63, 3.8) is 0 Å². The molecule has 3 heterocycles. The van der Waals surface area contributed by atoms with Crippen LogP contribution in [0.2, 0.25) is 0 Å². The first kappa shape index (κ1) is 22.6. The van der Waals surface area contributed by atoms with Gasteiger partial charge in [-0.15, -0.1) is 0 Å². The maximum absolute atomic E-state index is 13.7. The van der Waals surface area contributed by atoms with Crippen molar-refractivity contribution in [1.82, 2.24) is 14.7 Å². The molecule has 2 aromatic rings. The molecule has 3 fully saturated rings. The van der Waals surface area contributed by atoms with E-state index >= 15 is 0 Å². The van der Waals surface area contributed by atoms with Gasteiger partial charge >= 0.3 is 0 Å². The molecule has 2 aromatic carbocycles. The lowest BCUT2D eigenvalue weighted by Crippen LogP contribution is -2.60. The van der Waals surface area contributed by atoms with Crippen LogP contribution in [0.4, 0.5) is 0 Å². The van der Waals surface area contributed by atoms with Gasteiger partial charge in [0, 0.05) is 50.1 Å². The normalized spacial score (nSPS) is 21.8. The number of rotatable bonds is 3. The first-order valence-electron chi connectivity index (χ1n) is 12.2. The smallest absolute Gasteiger partial charge is 0.256 e. The second kappa shape index (κ2) is 9.22. The van der Waals surface area contributed by atoms with Crippen molar-refractivity contribution in [1.29, 1.82) is 0 Å². The third kappa shape index (κ3) is 3.98. The van der Waals surface area contributed by atoms with E-state index in [0.29, 0.717) is 37.1 Å². The molecule has 3 aliphatic heterocycles. The van der Waals surface area contributed by atoms with Crippen molar-refractivity contribution in [2.75, 3.05) is 32.8 Å². The number of aryl methyl sites for hydroxylation is 1. The number of carbonyl (C=O) groups excluding carboxylic acids is 3. The third-order valence-electron chi connectivity index (χ3n) is 7.41. The number of benzene rings is 2. The van der Waals surface area contributed by atoms with Crippen LogP contribution in [0.1, 0.15) is 52.0 Å². The second-order valence-electron chi connectivity index (χ2n) is 9.45. The fourth-order valence-corrected chi connectivity index (χ4v) is 5.47. The highest BCUT2D eigenvalue weighted by Crippen LogP contribution is 2.39. The van der Waals surface area contributed by atoms with Gasteiger partial charge in [-0.25, -0.2) is 0 Å². The summed E-state index contributed by atoms with van der Waals surface area (Å²) in [5, 5.41) is 0. The quantitative estimate of drug-likeness (QED) is 0.704. The molecule has 34 heavy (non-hydrogen) atoms. The van der Waals surface area contributed by atoms with E-state index in [2.05, 4.69) is 0 Å². The van der Waals surface area contributed by atoms with Gasteiger partial charge < -0.3 is 14.5 Å². The maximum atomic E-state index is 13.7. The van der Waals surface area contributed by atoms with Gasteiger partial charge in [0.05, 0.1) is 6.61 Å². The highest BCUT2D eigenvalue weighted by atomic mass is 16.5. The Balaban J connectivity index is 1.39. The number of likely N-dealkylation sites (tertiary alicyclic amines) is 2. The molecule has 0 radical (unpaired) electrons. The lowest BCUT2D eigenvalue weighted by molar-refractivity contribution is -0.136. The van der Waals surface area contributed by atoms with Crippen molar-refractivity contribution in [3.05, 3.63) is 71.3 Å². The van der Waals surface area contributed by atoms with Crippen molar-refractivity contribution < 1.29 is 19.1 Å². The molecule has 7 heteroatoms. The van der Waals surface area contributed by atoms with Crippen LogP contribution < -0.4 is 0 Å². The van der Waals surface area contributed by atoms with Crippen LogP contribution in [-0.2, 0) is 9.53 Å². The number of nitrogens with zero attached hydrogens (tertiary/aromatic N) is 3. The van der Waals surface area contributed by atoms with Gasteiger partial charge in [0.15, 0.2) is 0 Å². The minimum atomic E-state index is -0.879. The topological polar surface area (TPSA) is 70.2 Å². The van der Waals surface area contributed by atoms with E-state index in [9.17, 15) is 14.4 Å². The molecule has 0 N–H and O–H groups in total. The number of carbonyl (C=O) groups is 3. The Labute approximate surface area is 200 Å². The van der Waals surface area contributed by atoms with Crippen molar-refractivity contribution in [2.24, 2.45) is 0 Å². The van der Waals surface area contributed by atoms with Crippen LogP contribution in [0.25, 0.3) is 0 Å². The number of ether oxygens (including phenoxy) is 1. The predicted octanol–water partition coefficient (Wildman–Crippen LogP) is 3.09. The Kier molecular flexibility index (Phi) is 6.13. The largest absolute Gasteiger partial charge is 0.353 e. The second-order valence-corrected chi connectivity index (χ2v) is 9.45. The molecule has 3 amide bonds. The molecule has 178 valence electrons. The molecule has 0 aromatic heterocycles. The van der Waals surface area contributed by atoms with Gasteiger partial charge in [0.1, 0.15) is 11.8 Å². The summed E-state index contributed by atoms with van der Waals surface area (Å²) in [5.74, 6) is -0.219. The number of hydrogen-bond donors (Lipinski definition) is 0. The monoisotopic (exact) mass is 461 g/mol. The minimum absolute atomic E-state index is 0.00317. The van der Waals surface area contributed by atoms with E-state index in [1.165, 1.54) is 0 Å². The summed E-state index contributed by atoms with van der Waals surface area (Å²) in [6.45, 7) is 4.53. The summed E-state index contributed by atoms with van der Waals surface area (Å²) in [4.78, 5) is 45.7. The lowest BCUT2D eigenvalue weighted by atomic mass is 9.95. The Morgan fingerprint density at radius 1 is 0.824 bits per heavy atom. The van der Waals surface area contributed by atoms with Crippen molar-refractivity contribution >= 4 is 17.7 Å². The summed E-state index contributed by atoms with van der Waals surface area (Å²) in [7, 11) is 0. The molecule has 0 saturated carbocycles. The van der Waals surface area contributed by atoms with Gasteiger partial charge in [0.25, 0.3) is 11.8 Å². The van der Waals surface area contributed by atoms with Crippen LogP contribution in [0.5, 0.6) is 0 Å². The Morgan fingerprint density at radius 2 is 1.47 bits per heavy atom. The lowest BCUT2D eigenvalue weighted by Gasteiger charge is -2.44. The average molecular weight is 462 g/mol. The standard InChI is InChI=1S/C27H31N3O4/c1-20-9-5-6-12-22(20)25(32)29-17-13-27(14-18-29)30(24(31)21-10-3-2-4-11-21)23(19-34-27)26(33)28-15-7-8-16-28/h2-6,9-12,23H,7-8,13-19H2,1H3/t23-/m1/s1. The summed E-state index contributed by atoms with van der Waals surface area (Å²) in [5.41, 5.74) is 1.31. The van der Waals surface area contributed by atoms with Crippen LogP contribution in [0.15, 0.2) is 54.6 Å². The Hall–Kier alpha value is -3.19. The van der Waals surface area contributed by atoms with Gasteiger partial charge in [-0.3, -0.25) is 19.3 Å². The molecule has 5 rings (SSSR count). The van der Waals surface area contributed by atoms with Crippen LogP contribution in [-0.4, -0.2) is 77.0 Å². The number of piperidine rings is 1. The van der Waals surface area contributed by atoms with Crippen LogP contribution in [0, 0.1) is 6.92 Å². The summed E-state index contributed by atoms with van der Waals surface area (Å²) < 4.78 is 6.31. The van der Waals surface area contributed by atoms with E-state index in [1.807, 2.05) is 59.2 Å². The maximum Gasteiger partial charge on any atom is 0.256 e. The van der Waals surface area contributed by atoms with Gasteiger partial charge in [-0.2, -0.15) is 0 Å². The van der Waals surface area contributed by atoms with Gasteiger partial charge in [-0.1, -0.05) is 36.4 Å². The molecular weight excluding hydrogens is 430 g/mol. The van der Waals surface area contributed by atoms with E-state index in [4.69, 9.17) is 4.74 Å². The van der Waals surface area contributed by atoms with E-state index in [0.717, 1.165) is 31.5 Å². The first-order chi connectivity index (χ1) is 16.5. The van der Waals surface area contributed by atoms with Gasteiger partial charge in [0.2, 0.25) is 5.91 Å². The van der Waals surface area contributed by atoms with Crippen LogP contribution in [0.3, 0.4) is 0 Å². The highest BCUT2D eigenvalue weighted by Gasteiger charge is 2.55. The molecule has 3 aliphatic rings. The summed E-state index contributed by atoms with van der Waals surface area (Å²) in [6, 6.07) is 16.0. The predicted molar refractivity (Wildman–Crippen MR) is 127 cm³/mol. The minimum Gasteiger partial charge on any atom is -0.353 e. The molecule has 0 aliphatic carbocycles. The zero-order chi connectivity index (χ0) is 23.7. The van der Waals surface area contributed by atoms with Crippen molar-refractivity contribution in [3.8, 4) is 0 Å². The summed E-state index contributed by atoms with van der Waals surface area (Å²) >= 11 is 0. The molecule has 0 unspecified atom stereocenters. The zero-order valence-electron chi connectivity index (χ0n) is 19.6. The first-order valence-corrected chi connectivity index (χ1v) is 12.2. The van der Waals surface area contributed by atoms with E-state index < -0.39 is 11.8 Å². The van der Waals surface area contributed by atoms with Crippen LogP contribution >= 0.6 is 0 Å². The highest BCUT2D eigenvalue weighted by molar-refractivity contribution is 5.99. The average Bonchev–Trinajstić information content (AvgIpc) is 3.53. The SMILES string of the molecule is Cc1ccccc1C(=O)N1CCC2(CC1)OC[C@H](C(=O)N1CCCC1)N2C(=O)c1ccccc1. The van der Waals surface area contributed by atoms with Gasteiger partial charge in [-0.05, 0) is 43.5 Å². The fourth-order valence-electron chi connectivity index (χ4n) is 5.47. The molecule has 1 atom stereocenters. The molecule has 7 nitrogen and oxygen atoms in total.